The Labute approximate surface area is 103 Å². The van der Waals surface area contributed by atoms with E-state index >= 15 is 0 Å². The second kappa shape index (κ2) is 8.27. The summed E-state index contributed by atoms with van der Waals surface area (Å²) in [6.45, 7) is 3.42. The number of piperidine rings is 1. The van der Waals surface area contributed by atoms with Gasteiger partial charge in [0.2, 0.25) is 5.96 Å². The molecule has 100 valence electrons. The Morgan fingerprint density at radius 2 is 2.47 bits per heavy atom. The zero-order chi connectivity index (χ0) is 12.5. The Morgan fingerprint density at radius 1 is 1.65 bits per heavy atom. The number of hydrogen-bond acceptors (Lipinski definition) is 4. The van der Waals surface area contributed by atoms with Crippen LogP contribution in [0.4, 0.5) is 0 Å². The zero-order valence-electron chi connectivity index (χ0n) is 10.6. The molecule has 0 aromatic carbocycles. The van der Waals surface area contributed by atoms with Crippen LogP contribution < -0.4 is 11.3 Å². The van der Waals surface area contributed by atoms with Gasteiger partial charge >= 0.3 is 0 Å². The first-order chi connectivity index (χ1) is 8.31. The summed E-state index contributed by atoms with van der Waals surface area (Å²) >= 11 is 0. The molecule has 0 saturated carbocycles. The van der Waals surface area contributed by atoms with Crippen LogP contribution >= 0.6 is 0 Å². The molecule has 0 amide bonds. The Balaban J connectivity index is 2.42. The monoisotopic (exact) mass is 244 g/mol. The minimum absolute atomic E-state index is 0.234. The molecule has 1 atom stereocenters. The number of nitrogens with two attached hydrogens (primary N) is 1. The van der Waals surface area contributed by atoms with Crippen molar-refractivity contribution < 1.29 is 9.84 Å². The normalized spacial score (nSPS) is 21.7. The molecule has 1 rings (SSSR count). The number of aliphatic imine (C=N–C) groups is 1. The first-order valence-electron chi connectivity index (χ1n) is 6.17. The number of likely N-dealkylation sites (tertiary alicyclic amines) is 1. The lowest BCUT2D eigenvalue weighted by Crippen LogP contribution is -2.49. The molecule has 4 N–H and O–H groups in total. The average Bonchev–Trinajstić information content (AvgIpc) is 2.39. The van der Waals surface area contributed by atoms with Gasteiger partial charge in [0.25, 0.3) is 0 Å². The fraction of sp³-hybridized carbons (Fsp3) is 0.909. The van der Waals surface area contributed by atoms with Gasteiger partial charge in [0.05, 0.1) is 0 Å². The van der Waals surface area contributed by atoms with Crippen LogP contribution in [0.25, 0.3) is 0 Å². The largest absolute Gasteiger partial charge is 0.396 e. The van der Waals surface area contributed by atoms with Gasteiger partial charge in [0, 0.05) is 40.0 Å². The fourth-order valence-corrected chi connectivity index (χ4v) is 2.04. The van der Waals surface area contributed by atoms with Crippen LogP contribution in [0.5, 0.6) is 0 Å². The Morgan fingerprint density at radius 3 is 3.12 bits per heavy atom. The lowest BCUT2D eigenvalue weighted by molar-refractivity contribution is 0.158. The molecule has 0 aliphatic carbocycles. The average molecular weight is 244 g/mol. The molecular weight excluding hydrogens is 220 g/mol. The van der Waals surface area contributed by atoms with E-state index in [9.17, 15) is 5.11 Å². The highest BCUT2D eigenvalue weighted by Crippen LogP contribution is 2.15. The van der Waals surface area contributed by atoms with Crippen molar-refractivity contribution in [3.8, 4) is 0 Å². The Bertz CT molecular complexity index is 236. The summed E-state index contributed by atoms with van der Waals surface area (Å²) in [5.74, 6) is 6.55. The van der Waals surface area contributed by atoms with Gasteiger partial charge < -0.3 is 14.7 Å². The molecule has 6 heteroatoms. The number of rotatable bonds is 5. The van der Waals surface area contributed by atoms with Crippen molar-refractivity contribution in [1.29, 1.82) is 0 Å². The minimum Gasteiger partial charge on any atom is -0.396 e. The molecule has 1 aliphatic heterocycles. The second-order valence-corrected chi connectivity index (χ2v) is 4.33. The van der Waals surface area contributed by atoms with E-state index in [-0.39, 0.29) is 6.61 Å². The van der Waals surface area contributed by atoms with E-state index in [1.54, 1.807) is 7.11 Å². The lowest BCUT2D eigenvalue weighted by atomic mass is 9.99. The van der Waals surface area contributed by atoms with E-state index in [0.29, 0.717) is 19.1 Å². The van der Waals surface area contributed by atoms with Crippen LogP contribution in [0.1, 0.15) is 19.3 Å². The third-order valence-corrected chi connectivity index (χ3v) is 2.97. The summed E-state index contributed by atoms with van der Waals surface area (Å²) < 4.78 is 4.97. The van der Waals surface area contributed by atoms with Crippen molar-refractivity contribution in [3.63, 3.8) is 0 Å². The van der Waals surface area contributed by atoms with Crippen LogP contribution in [0.3, 0.4) is 0 Å². The predicted molar refractivity (Wildman–Crippen MR) is 67.5 cm³/mol. The van der Waals surface area contributed by atoms with Crippen LogP contribution in [0, 0.1) is 5.92 Å². The maximum atomic E-state index is 9.17. The molecule has 0 radical (unpaired) electrons. The first kappa shape index (κ1) is 14.2. The number of aliphatic hydroxyl groups excluding tert-OH is 1. The number of methoxy groups -OCH3 is 1. The van der Waals surface area contributed by atoms with E-state index < -0.39 is 0 Å². The molecule has 0 spiro atoms. The molecule has 1 saturated heterocycles. The van der Waals surface area contributed by atoms with Gasteiger partial charge in [-0.25, -0.2) is 5.84 Å². The van der Waals surface area contributed by atoms with Gasteiger partial charge in [-0.15, -0.1) is 0 Å². The summed E-state index contributed by atoms with van der Waals surface area (Å²) in [5, 5.41) is 9.17. The number of hydrazine groups is 1. The standard InChI is InChI=1S/C11H24N4O2/c1-17-7-3-5-13-11(14-12)15-6-2-4-10(8-15)9-16/h10,16H,2-9,12H2,1H3,(H,13,14). The van der Waals surface area contributed by atoms with Crippen LogP contribution in [-0.2, 0) is 4.74 Å². The number of ether oxygens (including phenoxy) is 1. The van der Waals surface area contributed by atoms with Crippen molar-refractivity contribution in [2.24, 2.45) is 16.8 Å². The Hall–Kier alpha value is -0.850. The van der Waals surface area contributed by atoms with E-state index in [2.05, 4.69) is 15.3 Å². The van der Waals surface area contributed by atoms with Crippen molar-refractivity contribution in [1.82, 2.24) is 10.3 Å². The highest BCUT2D eigenvalue weighted by atomic mass is 16.5. The number of guanidine groups is 1. The van der Waals surface area contributed by atoms with Crippen molar-refractivity contribution in [2.45, 2.75) is 19.3 Å². The van der Waals surface area contributed by atoms with Crippen molar-refractivity contribution in [2.75, 3.05) is 40.0 Å². The number of hydrogen-bond donors (Lipinski definition) is 3. The summed E-state index contributed by atoms with van der Waals surface area (Å²) in [6, 6.07) is 0. The van der Waals surface area contributed by atoms with Crippen LogP contribution in [0.2, 0.25) is 0 Å². The summed E-state index contributed by atoms with van der Waals surface area (Å²) in [6.07, 6.45) is 3.04. The topological polar surface area (TPSA) is 83.1 Å². The molecule has 1 fully saturated rings. The van der Waals surface area contributed by atoms with Gasteiger partial charge in [-0.2, -0.15) is 0 Å². The summed E-state index contributed by atoms with van der Waals surface area (Å²) in [7, 11) is 1.68. The molecule has 17 heavy (non-hydrogen) atoms. The van der Waals surface area contributed by atoms with Gasteiger partial charge in [0.15, 0.2) is 0 Å². The van der Waals surface area contributed by atoms with Crippen molar-refractivity contribution >= 4 is 5.96 Å². The third kappa shape index (κ3) is 4.89. The number of nitrogens with one attached hydrogen (secondary N) is 1. The molecule has 6 nitrogen and oxygen atoms in total. The van der Waals surface area contributed by atoms with E-state index in [0.717, 1.165) is 38.3 Å². The van der Waals surface area contributed by atoms with E-state index in [4.69, 9.17) is 10.6 Å². The molecule has 1 aliphatic rings. The SMILES string of the molecule is COCCCN=C(NN)N1CCCC(CO)C1. The minimum atomic E-state index is 0.234. The first-order valence-corrected chi connectivity index (χ1v) is 6.17. The molecule has 1 unspecified atom stereocenters. The van der Waals surface area contributed by atoms with Crippen LogP contribution in [0.15, 0.2) is 4.99 Å². The molecule has 0 aromatic heterocycles. The smallest absolute Gasteiger partial charge is 0.208 e. The molecule has 0 aromatic rings. The predicted octanol–water partition coefficient (Wildman–Crippen LogP) is -0.453. The summed E-state index contributed by atoms with van der Waals surface area (Å²) in [5.41, 5.74) is 2.65. The Kier molecular flexibility index (Phi) is 6.91. The zero-order valence-corrected chi connectivity index (χ0v) is 10.6. The quantitative estimate of drug-likeness (QED) is 0.200. The second-order valence-electron chi connectivity index (χ2n) is 4.33. The van der Waals surface area contributed by atoms with Gasteiger partial charge in [-0.05, 0) is 25.2 Å². The third-order valence-electron chi connectivity index (χ3n) is 2.97. The molecule has 0 bridgehead atoms. The van der Waals surface area contributed by atoms with Gasteiger partial charge in [-0.1, -0.05) is 0 Å². The highest BCUT2D eigenvalue weighted by Gasteiger charge is 2.21. The number of aliphatic hydroxyl groups is 1. The van der Waals surface area contributed by atoms with Crippen LogP contribution in [-0.4, -0.2) is 55.9 Å². The van der Waals surface area contributed by atoms with E-state index in [1.165, 1.54) is 0 Å². The highest BCUT2D eigenvalue weighted by molar-refractivity contribution is 5.79. The lowest BCUT2D eigenvalue weighted by Gasteiger charge is -2.33. The molecule has 1 heterocycles. The van der Waals surface area contributed by atoms with Gasteiger partial charge in [0.1, 0.15) is 0 Å². The van der Waals surface area contributed by atoms with Gasteiger partial charge in [-0.3, -0.25) is 10.4 Å². The summed E-state index contributed by atoms with van der Waals surface area (Å²) in [4.78, 5) is 6.53. The molecular formula is C11H24N4O2. The fourth-order valence-electron chi connectivity index (χ4n) is 2.04. The maximum absolute atomic E-state index is 9.17. The maximum Gasteiger partial charge on any atom is 0.208 e. The van der Waals surface area contributed by atoms with E-state index in [1.807, 2.05) is 0 Å². The number of nitrogens with zero attached hydrogens (tertiary/aromatic N) is 2. The van der Waals surface area contributed by atoms with Crippen molar-refractivity contribution in [3.05, 3.63) is 0 Å².